The average Bonchev–Trinajstić information content (AvgIpc) is 3.45. The van der Waals surface area contributed by atoms with Crippen LogP contribution in [-0.4, -0.2) is 43.3 Å². The minimum atomic E-state index is -4.58. The highest BCUT2D eigenvalue weighted by Gasteiger charge is 2.53. The number of rotatable bonds is 4. The van der Waals surface area contributed by atoms with E-state index in [9.17, 15) is 22.8 Å². The van der Waals surface area contributed by atoms with Gasteiger partial charge in [-0.2, -0.15) is 13.2 Å². The van der Waals surface area contributed by atoms with Gasteiger partial charge in [-0.05, 0) is 36.6 Å². The molecule has 5 rings (SSSR count). The molecule has 6 nitrogen and oxygen atoms in total. The standard InChI is InChI=1S/C23H21F3N4O2S/c1-22-10-9-18(31)30(22)17(12-33-22)20(32)29-19(13-5-3-2-4-6-13)14-7-8-15-16(11-14)28-21(27-15)23(24,25)26/h2-8,11,17,19H,9-10,12H2,1H3,(H,27,28)(H,29,32)/t17-,19+,22-/m0/s1. The topological polar surface area (TPSA) is 78.1 Å². The molecule has 0 spiro atoms. The van der Waals surface area contributed by atoms with Crippen LogP contribution in [0.2, 0.25) is 0 Å². The number of hydrogen-bond acceptors (Lipinski definition) is 4. The zero-order chi connectivity index (χ0) is 23.4. The summed E-state index contributed by atoms with van der Waals surface area (Å²) >= 11 is 1.61. The number of nitrogens with zero attached hydrogens (tertiary/aromatic N) is 2. The molecular weight excluding hydrogens is 453 g/mol. The number of imidazole rings is 1. The second-order valence-corrected chi connectivity index (χ2v) is 9.98. The van der Waals surface area contributed by atoms with E-state index in [0.29, 0.717) is 24.2 Å². The Morgan fingerprint density at radius 2 is 2.00 bits per heavy atom. The molecule has 3 atom stereocenters. The molecule has 0 radical (unpaired) electrons. The molecule has 0 unspecified atom stereocenters. The lowest BCUT2D eigenvalue weighted by atomic mass is 9.97. The maximum atomic E-state index is 13.3. The maximum absolute atomic E-state index is 13.3. The number of amides is 2. The fraction of sp³-hybridized carbons (Fsp3) is 0.348. The number of halogens is 3. The second-order valence-electron chi connectivity index (χ2n) is 8.48. The maximum Gasteiger partial charge on any atom is 0.449 e. The first-order valence-electron chi connectivity index (χ1n) is 10.5. The van der Waals surface area contributed by atoms with Crippen LogP contribution in [0.5, 0.6) is 0 Å². The number of carbonyl (C=O) groups excluding carboxylic acids is 2. The van der Waals surface area contributed by atoms with E-state index in [0.717, 1.165) is 5.56 Å². The van der Waals surface area contributed by atoms with Crippen molar-refractivity contribution in [2.75, 3.05) is 5.75 Å². The van der Waals surface area contributed by atoms with Gasteiger partial charge in [0.25, 0.3) is 0 Å². The van der Waals surface area contributed by atoms with E-state index < -0.39 is 24.1 Å². The van der Waals surface area contributed by atoms with Crippen molar-refractivity contribution >= 4 is 34.6 Å². The van der Waals surface area contributed by atoms with Crippen LogP contribution >= 0.6 is 11.8 Å². The van der Waals surface area contributed by atoms with Crippen molar-refractivity contribution in [1.82, 2.24) is 20.2 Å². The summed E-state index contributed by atoms with van der Waals surface area (Å²) in [6, 6.07) is 12.7. The van der Waals surface area contributed by atoms with E-state index in [1.165, 1.54) is 6.07 Å². The highest BCUT2D eigenvalue weighted by molar-refractivity contribution is 8.01. The van der Waals surface area contributed by atoms with Crippen LogP contribution < -0.4 is 5.32 Å². The fourth-order valence-electron chi connectivity index (χ4n) is 4.60. The Morgan fingerprint density at radius 1 is 1.24 bits per heavy atom. The van der Waals surface area contributed by atoms with Crippen LogP contribution in [0.4, 0.5) is 13.2 Å². The molecule has 0 aliphatic carbocycles. The van der Waals surface area contributed by atoms with Gasteiger partial charge in [0.2, 0.25) is 17.6 Å². The minimum absolute atomic E-state index is 0.0301. The van der Waals surface area contributed by atoms with Gasteiger partial charge in [-0.1, -0.05) is 36.4 Å². The van der Waals surface area contributed by atoms with Crippen LogP contribution in [-0.2, 0) is 15.8 Å². The second kappa shape index (κ2) is 7.79. The summed E-state index contributed by atoms with van der Waals surface area (Å²) < 4.78 is 39.2. The highest BCUT2D eigenvalue weighted by atomic mass is 32.2. The third-order valence-corrected chi connectivity index (χ3v) is 7.78. The van der Waals surface area contributed by atoms with Crippen molar-refractivity contribution in [2.45, 2.75) is 42.9 Å². The Bertz CT molecular complexity index is 1230. The van der Waals surface area contributed by atoms with Crippen molar-refractivity contribution in [2.24, 2.45) is 0 Å². The number of carbonyl (C=O) groups is 2. The number of H-pyrrole nitrogens is 1. The van der Waals surface area contributed by atoms with Crippen molar-refractivity contribution in [3.63, 3.8) is 0 Å². The number of aromatic nitrogens is 2. The molecule has 2 N–H and O–H groups in total. The highest BCUT2D eigenvalue weighted by Crippen LogP contribution is 2.47. The normalized spacial score (nSPS) is 23.7. The van der Waals surface area contributed by atoms with Crippen molar-refractivity contribution in [3.05, 3.63) is 65.5 Å². The molecule has 2 amide bonds. The van der Waals surface area contributed by atoms with Crippen LogP contribution in [0.3, 0.4) is 0 Å². The van der Waals surface area contributed by atoms with Crippen LogP contribution in [0.1, 0.15) is 42.8 Å². The van der Waals surface area contributed by atoms with Gasteiger partial charge < -0.3 is 15.2 Å². The summed E-state index contributed by atoms with van der Waals surface area (Å²) in [5, 5.41) is 3.04. The van der Waals surface area contributed by atoms with Gasteiger partial charge in [0.05, 0.1) is 21.9 Å². The van der Waals surface area contributed by atoms with E-state index in [-0.39, 0.29) is 27.7 Å². The van der Waals surface area contributed by atoms with Gasteiger partial charge in [0.15, 0.2) is 0 Å². The van der Waals surface area contributed by atoms with Gasteiger partial charge in [-0.25, -0.2) is 4.98 Å². The molecule has 172 valence electrons. The number of hydrogen-bond donors (Lipinski definition) is 2. The summed E-state index contributed by atoms with van der Waals surface area (Å²) in [7, 11) is 0. The molecule has 2 saturated heterocycles. The van der Waals surface area contributed by atoms with Crippen molar-refractivity contribution in [3.8, 4) is 0 Å². The fourth-order valence-corrected chi connectivity index (χ4v) is 6.03. The van der Waals surface area contributed by atoms with Crippen LogP contribution in [0.15, 0.2) is 48.5 Å². The summed E-state index contributed by atoms with van der Waals surface area (Å²) in [5.41, 5.74) is 1.81. The predicted octanol–water partition coefficient (Wildman–Crippen LogP) is 4.24. The van der Waals surface area contributed by atoms with Crippen molar-refractivity contribution in [1.29, 1.82) is 0 Å². The van der Waals surface area contributed by atoms with Gasteiger partial charge in [0.1, 0.15) is 6.04 Å². The van der Waals surface area contributed by atoms with Crippen LogP contribution in [0, 0.1) is 0 Å². The first-order chi connectivity index (χ1) is 15.7. The van der Waals surface area contributed by atoms with E-state index >= 15 is 0 Å². The quantitative estimate of drug-likeness (QED) is 0.593. The smallest absolute Gasteiger partial charge is 0.343 e. The Kier molecular flexibility index (Phi) is 5.15. The lowest BCUT2D eigenvalue weighted by Crippen LogP contribution is -2.50. The van der Waals surface area contributed by atoms with Gasteiger partial charge in [-0.15, -0.1) is 11.8 Å². The molecule has 1 aromatic heterocycles. The number of aromatic amines is 1. The summed E-state index contributed by atoms with van der Waals surface area (Å²) in [6.07, 6.45) is -3.45. The first-order valence-corrected chi connectivity index (χ1v) is 11.5. The summed E-state index contributed by atoms with van der Waals surface area (Å²) in [5.74, 6) is -0.873. The van der Waals surface area contributed by atoms with E-state index in [1.807, 2.05) is 37.3 Å². The molecule has 2 aliphatic heterocycles. The average molecular weight is 475 g/mol. The van der Waals surface area contributed by atoms with E-state index in [2.05, 4.69) is 15.3 Å². The molecule has 2 aliphatic rings. The zero-order valence-corrected chi connectivity index (χ0v) is 18.5. The SMILES string of the molecule is C[C@]12CCC(=O)N1[C@H](C(=O)N[C@H](c1ccccc1)c1ccc3nc(C(F)(F)F)[nH]c3c1)CS2. The number of thioether (sulfide) groups is 1. The van der Waals surface area contributed by atoms with Gasteiger partial charge in [-0.3, -0.25) is 9.59 Å². The molecule has 10 heteroatoms. The first kappa shape index (κ1) is 21.8. The molecule has 33 heavy (non-hydrogen) atoms. The summed E-state index contributed by atoms with van der Waals surface area (Å²) in [6.45, 7) is 1.98. The third kappa shape index (κ3) is 3.86. The Balaban J connectivity index is 1.48. The molecule has 2 aromatic carbocycles. The lowest BCUT2D eigenvalue weighted by molar-refractivity contribution is -0.144. The third-order valence-electron chi connectivity index (χ3n) is 6.27. The largest absolute Gasteiger partial charge is 0.449 e. The molecule has 0 saturated carbocycles. The Hall–Kier alpha value is -3.01. The number of alkyl halides is 3. The zero-order valence-electron chi connectivity index (χ0n) is 17.6. The van der Waals surface area contributed by atoms with E-state index in [4.69, 9.17) is 0 Å². The molecule has 3 heterocycles. The molecule has 2 fully saturated rings. The Morgan fingerprint density at radius 3 is 2.73 bits per heavy atom. The molecule has 0 bridgehead atoms. The minimum Gasteiger partial charge on any atom is -0.343 e. The lowest BCUT2D eigenvalue weighted by Gasteiger charge is -2.31. The van der Waals surface area contributed by atoms with Gasteiger partial charge in [0, 0.05) is 12.2 Å². The molecule has 3 aromatic rings. The monoisotopic (exact) mass is 474 g/mol. The van der Waals surface area contributed by atoms with E-state index in [1.54, 1.807) is 28.8 Å². The summed E-state index contributed by atoms with van der Waals surface area (Å²) in [4.78, 5) is 33.1. The Labute approximate surface area is 191 Å². The molecular formula is C23H21F3N4O2S. The van der Waals surface area contributed by atoms with Crippen LogP contribution in [0.25, 0.3) is 11.0 Å². The number of fused-ring (bicyclic) bond motifs is 2. The van der Waals surface area contributed by atoms with Crippen molar-refractivity contribution < 1.29 is 22.8 Å². The number of nitrogens with one attached hydrogen (secondary N) is 2. The number of benzene rings is 2. The van der Waals surface area contributed by atoms with Gasteiger partial charge >= 0.3 is 6.18 Å². The predicted molar refractivity (Wildman–Crippen MR) is 118 cm³/mol.